The molecule has 0 radical (unpaired) electrons. The molecule has 5 heteroatoms. The highest BCUT2D eigenvalue weighted by molar-refractivity contribution is 9.10. The summed E-state index contributed by atoms with van der Waals surface area (Å²) in [6, 6.07) is 5.28. The molecule has 3 N–H and O–H groups in total. The van der Waals surface area contributed by atoms with Crippen LogP contribution in [0.2, 0.25) is 5.02 Å². The van der Waals surface area contributed by atoms with E-state index in [1.807, 2.05) is 0 Å². The molecule has 0 unspecified atom stereocenters. The number of hydrogen-bond donors (Lipinski definition) is 2. The Kier molecular flexibility index (Phi) is 3.95. The van der Waals surface area contributed by atoms with Crippen LogP contribution in [0.1, 0.15) is 38.1 Å². The second-order valence-electron chi connectivity index (χ2n) is 6.65. The van der Waals surface area contributed by atoms with Gasteiger partial charge in [-0.2, -0.15) is 0 Å². The van der Waals surface area contributed by atoms with Crippen molar-refractivity contribution in [1.29, 1.82) is 0 Å². The molecular formula is C15H20BrClN2O. The predicted octanol–water partition coefficient (Wildman–Crippen LogP) is 3.59. The first kappa shape index (κ1) is 15.8. The van der Waals surface area contributed by atoms with E-state index in [0.717, 1.165) is 4.47 Å². The van der Waals surface area contributed by atoms with E-state index in [4.69, 9.17) is 17.3 Å². The fraction of sp³-hybridized carbons (Fsp3) is 0.533. The quantitative estimate of drug-likeness (QED) is 0.848. The average Bonchev–Trinajstić information content (AvgIpc) is 2.37. The van der Waals surface area contributed by atoms with Crippen LogP contribution in [-0.2, 0) is 0 Å². The Bertz CT molecular complexity index is 541. The number of carbonyl (C=O) groups excluding carboxylic acids is 1. The summed E-state index contributed by atoms with van der Waals surface area (Å²) in [6.07, 6.45) is 0. The molecule has 1 aliphatic carbocycles. The third-order valence-corrected chi connectivity index (χ3v) is 5.47. The highest BCUT2D eigenvalue weighted by atomic mass is 79.9. The minimum Gasteiger partial charge on any atom is -0.348 e. The summed E-state index contributed by atoms with van der Waals surface area (Å²) < 4.78 is 0.735. The summed E-state index contributed by atoms with van der Waals surface area (Å²) in [4.78, 5) is 12.5. The van der Waals surface area contributed by atoms with Crippen LogP contribution in [0, 0.1) is 10.8 Å². The molecule has 0 atom stereocenters. The molecule has 20 heavy (non-hydrogen) atoms. The molecule has 0 aliphatic heterocycles. The number of nitrogens with two attached hydrogens (primary N) is 1. The zero-order valence-electron chi connectivity index (χ0n) is 12.1. The van der Waals surface area contributed by atoms with Crippen LogP contribution < -0.4 is 11.1 Å². The van der Waals surface area contributed by atoms with Crippen molar-refractivity contribution in [2.45, 2.75) is 39.8 Å². The molecular weight excluding hydrogens is 340 g/mol. The van der Waals surface area contributed by atoms with Crippen molar-refractivity contribution in [1.82, 2.24) is 5.32 Å². The summed E-state index contributed by atoms with van der Waals surface area (Å²) in [5, 5.41) is 3.65. The predicted molar refractivity (Wildman–Crippen MR) is 85.9 cm³/mol. The molecule has 0 heterocycles. The summed E-state index contributed by atoms with van der Waals surface area (Å²) in [6.45, 7) is 8.34. The van der Waals surface area contributed by atoms with Gasteiger partial charge >= 0.3 is 0 Å². The summed E-state index contributed by atoms with van der Waals surface area (Å²) in [5.41, 5.74) is 6.52. The number of amides is 1. The van der Waals surface area contributed by atoms with Gasteiger partial charge < -0.3 is 11.1 Å². The van der Waals surface area contributed by atoms with Crippen molar-refractivity contribution in [3.8, 4) is 0 Å². The van der Waals surface area contributed by atoms with Gasteiger partial charge in [0.05, 0.1) is 5.56 Å². The first-order chi connectivity index (χ1) is 9.08. The number of hydrogen-bond acceptors (Lipinski definition) is 2. The first-order valence-corrected chi connectivity index (χ1v) is 7.77. The van der Waals surface area contributed by atoms with E-state index in [2.05, 4.69) is 48.9 Å². The lowest BCUT2D eigenvalue weighted by Crippen LogP contribution is -2.76. The lowest BCUT2D eigenvalue weighted by molar-refractivity contribution is -0.0663. The Morgan fingerprint density at radius 1 is 1.30 bits per heavy atom. The molecule has 1 aromatic carbocycles. The number of benzene rings is 1. The Morgan fingerprint density at radius 3 is 2.40 bits per heavy atom. The maximum atomic E-state index is 12.5. The smallest absolute Gasteiger partial charge is 0.252 e. The lowest BCUT2D eigenvalue weighted by atomic mass is 9.48. The molecule has 1 aliphatic rings. The van der Waals surface area contributed by atoms with E-state index in [9.17, 15) is 4.79 Å². The van der Waals surface area contributed by atoms with E-state index < -0.39 is 0 Å². The van der Waals surface area contributed by atoms with Crippen LogP contribution in [0.25, 0.3) is 0 Å². The molecule has 2 rings (SSSR count). The highest BCUT2D eigenvalue weighted by Crippen LogP contribution is 2.52. The fourth-order valence-corrected chi connectivity index (χ4v) is 4.03. The first-order valence-electron chi connectivity index (χ1n) is 6.60. The molecule has 0 saturated heterocycles. The molecule has 0 spiro atoms. The van der Waals surface area contributed by atoms with Gasteiger partial charge in [-0.3, -0.25) is 4.79 Å². The molecule has 3 nitrogen and oxygen atoms in total. The van der Waals surface area contributed by atoms with Crippen molar-refractivity contribution in [3.05, 3.63) is 33.3 Å². The topological polar surface area (TPSA) is 55.1 Å². The van der Waals surface area contributed by atoms with Gasteiger partial charge in [0.2, 0.25) is 0 Å². The minimum atomic E-state index is -0.127. The van der Waals surface area contributed by atoms with E-state index >= 15 is 0 Å². The van der Waals surface area contributed by atoms with Gasteiger partial charge in [-0.05, 0) is 34.1 Å². The van der Waals surface area contributed by atoms with Crippen molar-refractivity contribution >= 4 is 33.4 Å². The SMILES string of the molecule is CC1(C)C(N)C(C)(C)C1NC(=O)c1cc(Cl)ccc1Br. The molecule has 0 aromatic heterocycles. The highest BCUT2D eigenvalue weighted by Gasteiger charge is 2.60. The van der Waals surface area contributed by atoms with Gasteiger partial charge in [0.25, 0.3) is 5.91 Å². The van der Waals surface area contributed by atoms with Gasteiger partial charge in [-0.1, -0.05) is 39.3 Å². The van der Waals surface area contributed by atoms with E-state index in [1.165, 1.54) is 0 Å². The monoisotopic (exact) mass is 358 g/mol. The minimum absolute atomic E-state index is 0.0309. The van der Waals surface area contributed by atoms with Crippen molar-refractivity contribution in [2.75, 3.05) is 0 Å². The van der Waals surface area contributed by atoms with Crippen LogP contribution in [0.3, 0.4) is 0 Å². The molecule has 0 bridgehead atoms. The van der Waals surface area contributed by atoms with E-state index in [-0.39, 0.29) is 28.8 Å². The number of rotatable bonds is 2. The molecule has 110 valence electrons. The average molecular weight is 360 g/mol. The standard InChI is InChI=1S/C15H20BrClN2O/c1-14(2)12(18)15(3,4)13(14)19-11(20)9-7-8(17)5-6-10(9)16/h5-7,12-13H,18H2,1-4H3,(H,19,20). The van der Waals surface area contributed by atoms with E-state index in [0.29, 0.717) is 10.6 Å². The molecule has 1 saturated carbocycles. The third-order valence-electron chi connectivity index (χ3n) is 4.54. The summed E-state index contributed by atoms with van der Waals surface area (Å²) >= 11 is 9.35. The third kappa shape index (κ3) is 2.38. The fourth-order valence-electron chi connectivity index (χ4n) is 3.43. The van der Waals surface area contributed by atoms with Crippen LogP contribution >= 0.6 is 27.5 Å². The summed E-state index contributed by atoms with van der Waals surface area (Å²) in [7, 11) is 0. The van der Waals surface area contributed by atoms with Gasteiger partial charge in [0.15, 0.2) is 0 Å². The van der Waals surface area contributed by atoms with Crippen LogP contribution in [0.5, 0.6) is 0 Å². The van der Waals surface area contributed by atoms with Gasteiger partial charge in [0, 0.05) is 32.4 Å². The van der Waals surface area contributed by atoms with Crippen LogP contribution in [-0.4, -0.2) is 18.0 Å². The number of nitrogens with one attached hydrogen (secondary N) is 1. The molecule has 1 fully saturated rings. The lowest BCUT2D eigenvalue weighted by Gasteiger charge is -2.62. The van der Waals surface area contributed by atoms with Gasteiger partial charge in [0.1, 0.15) is 0 Å². The summed E-state index contributed by atoms with van der Waals surface area (Å²) in [5.74, 6) is -0.127. The van der Waals surface area contributed by atoms with Crippen LogP contribution in [0.15, 0.2) is 22.7 Å². The van der Waals surface area contributed by atoms with E-state index in [1.54, 1.807) is 18.2 Å². The largest absolute Gasteiger partial charge is 0.348 e. The normalized spacial score (nSPS) is 26.8. The van der Waals surface area contributed by atoms with Crippen LogP contribution in [0.4, 0.5) is 0 Å². The maximum Gasteiger partial charge on any atom is 0.252 e. The Labute approximate surface area is 133 Å². The Morgan fingerprint density at radius 2 is 1.85 bits per heavy atom. The Hall–Kier alpha value is -0.580. The number of carbonyl (C=O) groups is 1. The van der Waals surface area contributed by atoms with Crippen molar-refractivity contribution in [2.24, 2.45) is 16.6 Å². The zero-order valence-corrected chi connectivity index (χ0v) is 14.5. The van der Waals surface area contributed by atoms with Gasteiger partial charge in [-0.25, -0.2) is 0 Å². The Balaban J connectivity index is 2.22. The van der Waals surface area contributed by atoms with Crippen molar-refractivity contribution < 1.29 is 4.79 Å². The zero-order chi connectivity index (χ0) is 15.3. The maximum absolute atomic E-state index is 12.5. The van der Waals surface area contributed by atoms with Gasteiger partial charge in [-0.15, -0.1) is 0 Å². The second kappa shape index (κ2) is 5.00. The second-order valence-corrected chi connectivity index (χ2v) is 7.94. The molecule has 1 amide bonds. The van der Waals surface area contributed by atoms with Crippen molar-refractivity contribution in [3.63, 3.8) is 0 Å². The molecule has 1 aromatic rings. The number of halogens is 2.